The first kappa shape index (κ1) is 15.3. The van der Waals surface area contributed by atoms with Crippen LogP contribution in [0, 0.1) is 0 Å². The summed E-state index contributed by atoms with van der Waals surface area (Å²) < 4.78 is 0. The highest BCUT2D eigenvalue weighted by atomic mass is 32.1. The Morgan fingerprint density at radius 2 is 2.05 bits per heavy atom. The first-order valence-electron chi connectivity index (χ1n) is 7.66. The normalized spacial score (nSPS) is 17.6. The minimum absolute atomic E-state index is 0.513. The molecule has 4 nitrogen and oxygen atoms in total. The van der Waals surface area contributed by atoms with Gasteiger partial charge in [-0.25, -0.2) is 4.98 Å². The Labute approximate surface area is 126 Å². The number of nitrogens with zero attached hydrogens (tertiary/aromatic N) is 3. The molecule has 0 amide bonds. The van der Waals surface area contributed by atoms with Crippen LogP contribution in [0.3, 0.4) is 0 Å². The van der Waals surface area contributed by atoms with Crippen LogP contribution in [0.4, 0.5) is 0 Å². The lowest BCUT2D eigenvalue weighted by molar-refractivity contribution is 0.428. The smallest absolute Gasteiger partial charge is 0.191 e. The molecule has 0 bridgehead atoms. The van der Waals surface area contributed by atoms with Crippen LogP contribution in [0.15, 0.2) is 10.4 Å². The maximum absolute atomic E-state index is 6.09. The summed E-state index contributed by atoms with van der Waals surface area (Å²) in [5, 5.41) is 3.36. The van der Waals surface area contributed by atoms with Crippen LogP contribution in [-0.4, -0.2) is 35.5 Å². The molecule has 2 rings (SSSR count). The van der Waals surface area contributed by atoms with E-state index < -0.39 is 0 Å². The molecule has 0 spiro atoms. The minimum atomic E-state index is 0.513. The summed E-state index contributed by atoms with van der Waals surface area (Å²) in [6.45, 7) is 7.22. The van der Waals surface area contributed by atoms with Crippen molar-refractivity contribution in [3.8, 4) is 0 Å². The number of hydrogen-bond donors (Lipinski definition) is 1. The highest BCUT2D eigenvalue weighted by molar-refractivity contribution is 7.09. The third-order valence-electron chi connectivity index (χ3n) is 3.64. The summed E-state index contributed by atoms with van der Waals surface area (Å²) in [6.07, 6.45) is 6.00. The first-order chi connectivity index (χ1) is 9.66. The molecule has 0 unspecified atom stereocenters. The van der Waals surface area contributed by atoms with Crippen LogP contribution in [-0.2, 0) is 6.42 Å². The molecule has 1 saturated heterocycles. The van der Waals surface area contributed by atoms with Gasteiger partial charge in [-0.15, -0.1) is 11.3 Å². The van der Waals surface area contributed by atoms with Crippen LogP contribution in [0.5, 0.6) is 0 Å². The van der Waals surface area contributed by atoms with Crippen LogP contribution in [0.25, 0.3) is 0 Å². The van der Waals surface area contributed by atoms with Crippen molar-refractivity contribution in [2.45, 2.75) is 51.9 Å². The Kier molecular flexibility index (Phi) is 5.83. The zero-order valence-corrected chi connectivity index (χ0v) is 13.5. The molecule has 0 aromatic carbocycles. The lowest BCUT2D eigenvalue weighted by Gasteiger charge is -2.20. The Morgan fingerprint density at radius 3 is 2.65 bits per heavy atom. The Hall–Kier alpha value is -1.10. The molecule has 0 aliphatic carbocycles. The largest absolute Gasteiger partial charge is 0.370 e. The molecule has 1 aliphatic heterocycles. The van der Waals surface area contributed by atoms with Gasteiger partial charge >= 0.3 is 0 Å². The molecule has 20 heavy (non-hydrogen) atoms. The highest BCUT2D eigenvalue weighted by Crippen LogP contribution is 2.19. The first-order valence-corrected chi connectivity index (χ1v) is 8.54. The fourth-order valence-corrected chi connectivity index (χ4v) is 3.26. The molecule has 1 fully saturated rings. The van der Waals surface area contributed by atoms with E-state index in [1.54, 1.807) is 11.3 Å². The average Bonchev–Trinajstić information content (AvgIpc) is 2.73. The van der Waals surface area contributed by atoms with Gasteiger partial charge in [0.2, 0.25) is 0 Å². The number of aromatic nitrogens is 1. The van der Waals surface area contributed by atoms with Crippen LogP contribution >= 0.6 is 11.3 Å². The van der Waals surface area contributed by atoms with Crippen molar-refractivity contribution in [1.82, 2.24) is 9.88 Å². The van der Waals surface area contributed by atoms with Gasteiger partial charge in [0.05, 0.1) is 10.7 Å². The number of aliphatic imine (C=N–C) groups is 1. The molecular formula is C15H26N4S. The van der Waals surface area contributed by atoms with Crippen molar-refractivity contribution in [2.24, 2.45) is 10.7 Å². The highest BCUT2D eigenvalue weighted by Gasteiger charge is 2.11. The molecule has 112 valence electrons. The van der Waals surface area contributed by atoms with E-state index in [9.17, 15) is 0 Å². The predicted molar refractivity (Wildman–Crippen MR) is 86.4 cm³/mol. The van der Waals surface area contributed by atoms with Gasteiger partial charge in [0.25, 0.3) is 0 Å². The Bertz CT molecular complexity index is 431. The summed E-state index contributed by atoms with van der Waals surface area (Å²) in [7, 11) is 0. The van der Waals surface area contributed by atoms with Crippen LogP contribution < -0.4 is 5.73 Å². The lowest BCUT2D eigenvalue weighted by Crippen LogP contribution is -2.38. The summed E-state index contributed by atoms with van der Waals surface area (Å²) in [5.74, 6) is 1.23. The fraction of sp³-hybridized carbons (Fsp3) is 0.733. The van der Waals surface area contributed by atoms with Gasteiger partial charge in [-0.05, 0) is 12.8 Å². The molecule has 1 aliphatic rings. The monoisotopic (exact) mass is 294 g/mol. The van der Waals surface area contributed by atoms with E-state index in [0.717, 1.165) is 31.7 Å². The molecule has 5 heteroatoms. The molecule has 2 heterocycles. The Morgan fingerprint density at radius 1 is 1.35 bits per heavy atom. The minimum Gasteiger partial charge on any atom is -0.370 e. The van der Waals surface area contributed by atoms with Gasteiger partial charge in [-0.1, -0.05) is 26.7 Å². The number of likely N-dealkylation sites (tertiary alicyclic amines) is 1. The summed E-state index contributed by atoms with van der Waals surface area (Å²) in [5.41, 5.74) is 7.24. The molecule has 1 aromatic rings. The number of hydrogen-bond acceptors (Lipinski definition) is 3. The van der Waals surface area contributed by atoms with Crippen molar-refractivity contribution in [1.29, 1.82) is 0 Å². The standard InChI is InChI=1S/C15H26N4S/c1-12(2)14-18-13(11-20-14)7-8-17-15(16)19-9-5-3-4-6-10-19/h11-12H,3-10H2,1-2H3,(H2,16,17). The maximum Gasteiger partial charge on any atom is 0.191 e. The Balaban J connectivity index is 1.81. The topological polar surface area (TPSA) is 54.5 Å². The van der Waals surface area contributed by atoms with Crippen LogP contribution in [0.2, 0.25) is 0 Å². The van der Waals surface area contributed by atoms with E-state index in [2.05, 4.69) is 34.1 Å². The predicted octanol–water partition coefficient (Wildman–Crippen LogP) is 3.00. The zero-order chi connectivity index (χ0) is 14.4. The molecule has 0 saturated carbocycles. The van der Waals surface area contributed by atoms with Crippen molar-refractivity contribution in [3.63, 3.8) is 0 Å². The second-order valence-electron chi connectivity index (χ2n) is 5.72. The van der Waals surface area contributed by atoms with Gasteiger partial charge in [-0.2, -0.15) is 0 Å². The SMILES string of the molecule is CC(C)c1nc(CCN=C(N)N2CCCCCC2)cs1. The third kappa shape index (κ3) is 4.47. The van der Waals surface area contributed by atoms with E-state index in [0.29, 0.717) is 11.9 Å². The van der Waals surface area contributed by atoms with Gasteiger partial charge in [-0.3, -0.25) is 4.99 Å². The number of thiazole rings is 1. The second-order valence-corrected chi connectivity index (χ2v) is 6.61. The fourth-order valence-electron chi connectivity index (χ4n) is 2.39. The molecule has 0 atom stereocenters. The molecule has 2 N–H and O–H groups in total. The summed E-state index contributed by atoms with van der Waals surface area (Å²) >= 11 is 1.75. The number of guanidine groups is 1. The van der Waals surface area contributed by atoms with E-state index >= 15 is 0 Å². The third-order valence-corrected chi connectivity index (χ3v) is 4.83. The van der Waals surface area contributed by atoms with Crippen molar-refractivity contribution in [2.75, 3.05) is 19.6 Å². The molecular weight excluding hydrogens is 268 g/mol. The number of nitrogens with two attached hydrogens (primary N) is 1. The maximum atomic E-state index is 6.09. The quantitative estimate of drug-likeness (QED) is 0.686. The summed E-state index contributed by atoms with van der Waals surface area (Å²) in [6, 6.07) is 0. The van der Waals surface area contributed by atoms with Gasteiger partial charge in [0.15, 0.2) is 5.96 Å². The van der Waals surface area contributed by atoms with Gasteiger partial charge < -0.3 is 10.6 Å². The van der Waals surface area contributed by atoms with Gasteiger partial charge in [0, 0.05) is 37.4 Å². The molecule has 1 aromatic heterocycles. The summed E-state index contributed by atoms with van der Waals surface area (Å²) in [4.78, 5) is 11.4. The zero-order valence-electron chi connectivity index (χ0n) is 12.6. The molecule has 0 radical (unpaired) electrons. The van der Waals surface area contributed by atoms with Gasteiger partial charge in [0.1, 0.15) is 0 Å². The average molecular weight is 294 g/mol. The lowest BCUT2D eigenvalue weighted by atomic mass is 10.2. The van der Waals surface area contributed by atoms with Crippen LogP contribution in [0.1, 0.15) is 56.2 Å². The van der Waals surface area contributed by atoms with Crippen molar-refractivity contribution < 1.29 is 0 Å². The van der Waals surface area contributed by atoms with E-state index in [1.807, 2.05) is 0 Å². The van der Waals surface area contributed by atoms with E-state index in [1.165, 1.54) is 30.7 Å². The van der Waals surface area contributed by atoms with E-state index in [4.69, 9.17) is 5.73 Å². The van der Waals surface area contributed by atoms with E-state index in [-0.39, 0.29) is 0 Å². The van der Waals surface area contributed by atoms with Crippen molar-refractivity contribution >= 4 is 17.3 Å². The number of rotatable bonds is 4. The van der Waals surface area contributed by atoms with Crippen molar-refractivity contribution in [3.05, 3.63) is 16.1 Å². The second kappa shape index (κ2) is 7.62.